The van der Waals surface area contributed by atoms with Crippen molar-refractivity contribution < 1.29 is 10.2 Å². The molecule has 0 aliphatic rings. The largest absolute Gasteiger partial charge is 0.504 e. The number of phenols is 2. The highest BCUT2D eigenvalue weighted by molar-refractivity contribution is 5.88. The molecule has 0 amide bonds. The molecule has 2 aromatic carbocycles. The van der Waals surface area contributed by atoms with E-state index in [2.05, 4.69) is 0 Å². The van der Waals surface area contributed by atoms with Gasteiger partial charge < -0.3 is 15.9 Å². The van der Waals surface area contributed by atoms with Crippen LogP contribution in [0.15, 0.2) is 30.3 Å². The van der Waals surface area contributed by atoms with Crippen molar-refractivity contribution in [3.63, 3.8) is 0 Å². The van der Waals surface area contributed by atoms with Crippen LogP contribution >= 0.6 is 12.4 Å². The van der Waals surface area contributed by atoms with Gasteiger partial charge in [-0.25, -0.2) is 0 Å². The van der Waals surface area contributed by atoms with Crippen LogP contribution in [-0.4, -0.2) is 16.3 Å². The lowest BCUT2D eigenvalue weighted by Gasteiger charge is -2.10. The van der Waals surface area contributed by atoms with Crippen molar-refractivity contribution in [2.75, 3.05) is 0 Å². The third-order valence-corrected chi connectivity index (χ3v) is 2.61. The Morgan fingerprint density at radius 2 is 1.82 bits per heavy atom. The molecule has 0 aromatic heterocycles. The molecule has 0 spiro atoms. The molecule has 0 saturated carbocycles. The minimum atomic E-state index is -0.0929. The minimum Gasteiger partial charge on any atom is -0.504 e. The van der Waals surface area contributed by atoms with Gasteiger partial charge in [-0.15, -0.1) is 12.4 Å². The van der Waals surface area contributed by atoms with Gasteiger partial charge in [0.2, 0.25) is 0 Å². The Morgan fingerprint density at radius 3 is 2.47 bits per heavy atom. The van der Waals surface area contributed by atoms with Crippen LogP contribution in [0, 0.1) is 0 Å². The maximum absolute atomic E-state index is 9.49. The summed E-state index contributed by atoms with van der Waals surface area (Å²) in [5.41, 5.74) is 6.86. The van der Waals surface area contributed by atoms with Crippen molar-refractivity contribution in [2.45, 2.75) is 19.4 Å². The molecular weight excluding hydrogens is 238 g/mol. The van der Waals surface area contributed by atoms with Crippen LogP contribution < -0.4 is 5.73 Å². The Hall–Kier alpha value is -1.45. The third-order valence-electron chi connectivity index (χ3n) is 2.61. The zero-order chi connectivity index (χ0) is 11.7. The monoisotopic (exact) mass is 253 g/mol. The van der Waals surface area contributed by atoms with Gasteiger partial charge in [0.15, 0.2) is 11.5 Å². The van der Waals surface area contributed by atoms with E-state index in [-0.39, 0.29) is 29.9 Å². The first-order valence-corrected chi connectivity index (χ1v) is 5.27. The second kappa shape index (κ2) is 5.25. The summed E-state index contributed by atoms with van der Waals surface area (Å²) in [6.07, 6.45) is 0.752. The summed E-state index contributed by atoms with van der Waals surface area (Å²) < 4.78 is 0. The zero-order valence-corrected chi connectivity index (χ0v) is 10.4. The third kappa shape index (κ3) is 2.81. The van der Waals surface area contributed by atoms with Gasteiger partial charge >= 0.3 is 0 Å². The van der Waals surface area contributed by atoms with Crippen LogP contribution in [0.3, 0.4) is 0 Å². The maximum Gasteiger partial charge on any atom is 0.158 e. The Morgan fingerprint density at radius 1 is 1.18 bits per heavy atom. The van der Waals surface area contributed by atoms with Gasteiger partial charge in [-0.05, 0) is 41.8 Å². The van der Waals surface area contributed by atoms with E-state index in [1.807, 2.05) is 25.1 Å². The molecule has 0 aliphatic heterocycles. The highest BCUT2D eigenvalue weighted by atomic mass is 35.5. The van der Waals surface area contributed by atoms with Gasteiger partial charge in [0, 0.05) is 6.04 Å². The van der Waals surface area contributed by atoms with Crippen molar-refractivity contribution in [1.82, 2.24) is 0 Å². The van der Waals surface area contributed by atoms with Gasteiger partial charge in [-0.1, -0.05) is 18.2 Å². The molecule has 1 atom stereocenters. The number of hydrogen-bond donors (Lipinski definition) is 3. The van der Waals surface area contributed by atoms with Crippen molar-refractivity contribution in [1.29, 1.82) is 0 Å². The minimum absolute atomic E-state index is 0. The first-order chi connectivity index (χ1) is 7.58. The molecule has 2 aromatic rings. The van der Waals surface area contributed by atoms with E-state index in [1.54, 1.807) is 12.1 Å². The van der Waals surface area contributed by atoms with E-state index in [0.717, 1.165) is 22.8 Å². The molecule has 4 N–H and O–H groups in total. The van der Waals surface area contributed by atoms with Crippen molar-refractivity contribution >= 4 is 23.2 Å². The second-order valence-electron chi connectivity index (χ2n) is 4.16. The van der Waals surface area contributed by atoms with E-state index in [1.165, 1.54) is 0 Å². The predicted molar refractivity (Wildman–Crippen MR) is 71.9 cm³/mol. The standard InChI is InChI=1S/C13H15NO2.ClH/c1-8(14)5-9-3-2-4-10-6-12(15)13(16)7-11(9)10;/h2-4,6-8,15-16H,5,14H2,1H3;1H. The summed E-state index contributed by atoms with van der Waals surface area (Å²) in [5.74, 6) is -0.185. The van der Waals surface area contributed by atoms with Crippen LogP contribution in [-0.2, 0) is 6.42 Å². The fourth-order valence-corrected chi connectivity index (χ4v) is 1.89. The molecule has 0 radical (unpaired) electrons. The zero-order valence-electron chi connectivity index (χ0n) is 9.55. The van der Waals surface area contributed by atoms with Crippen LogP contribution in [0.5, 0.6) is 11.5 Å². The summed E-state index contributed by atoms with van der Waals surface area (Å²) >= 11 is 0. The quantitative estimate of drug-likeness (QED) is 0.721. The molecule has 3 nitrogen and oxygen atoms in total. The average molecular weight is 254 g/mol. The Labute approximate surface area is 106 Å². The van der Waals surface area contributed by atoms with Crippen LogP contribution in [0.4, 0.5) is 0 Å². The Bertz CT molecular complexity index is 526. The summed E-state index contributed by atoms with van der Waals surface area (Å²) in [5, 5.41) is 20.8. The number of rotatable bonds is 2. The number of phenolic OH excluding ortho intramolecular Hbond substituents is 2. The van der Waals surface area contributed by atoms with Crippen LogP contribution in [0.2, 0.25) is 0 Å². The van der Waals surface area contributed by atoms with E-state index >= 15 is 0 Å². The summed E-state index contributed by atoms with van der Waals surface area (Å²) in [4.78, 5) is 0. The first kappa shape index (κ1) is 13.6. The lowest BCUT2D eigenvalue weighted by molar-refractivity contribution is 0.405. The predicted octanol–water partition coefficient (Wildman–Crippen LogP) is 2.56. The van der Waals surface area contributed by atoms with E-state index in [9.17, 15) is 10.2 Å². The van der Waals surface area contributed by atoms with Gasteiger partial charge in [-0.2, -0.15) is 0 Å². The van der Waals surface area contributed by atoms with Gasteiger partial charge in [-0.3, -0.25) is 0 Å². The molecule has 92 valence electrons. The molecule has 0 heterocycles. The summed E-state index contributed by atoms with van der Waals surface area (Å²) in [7, 11) is 0. The molecule has 17 heavy (non-hydrogen) atoms. The van der Waals surface area contributed by atoms with E-state index in [4.69, 9.17) is 5.73 Å². The van der Waals surface area contributed by atoms with Gasteiger partial charge in [0.25, 0.3) is 0 Å². The molecule has 2 rings (SSSR count). The molecule has 0 aliphatic carbocycles. The normalized spacial score (nSPS) is 12.1. The smallest absolute Gasteiger partial charge is 0.158 e. The lowest BCUT2D eigenvalue weighted by atomic mass is 9.99. The van der Waals surface area contributed by atoms with Gasteiger partial charge in [0.05, 0.1) is 0 Å². The highest BCUT2D eigenvalue weighted by Crippen LogP contribution is 2.32. The van der Waals surface area contributed by atoms with Crippen LogP contribution in [0.1, 0.15) is 12.5 Å². The first-order valence-electron chi connectivity index (χ1n) is 5.27. The van der Waals surface area contributed by atoms with Crippen molar-refractivity contribution in [3.8, 4) is 11.5 Å². The highest BCUT2D eigenvalue weighted by Gasteiger charge is 2.07. The maximum atomic E-state index is 9.49. The molecule has 0 saturated heterocycles. The molecular formula is C13H16ClNO2. The van der Waals surface area contributed by atoms with Crippen LogP contribution in [0.25, 0.3) is 10.8 Å². The number of fused-ring (bicyclic) bond motifs is 1. The number of nitrogens with two attached hydrogens (primary N) is 1. The topological polar surface area (TPSA) is 66.5 Å². The van der Waals surface area contributed by atoms with E-state index < -0.39 is 0 Å². The fraction of sp³-hybridized carbons (Fsp3) is 0.231. The van der Waals surface area contributed by atoms with E-state index in [0.29, 0.717) is 0 Å². The summed E-state index contributed by atoms with van der Waals surface area (Å²) in [6.45, 7) is 1.94. The lowest BCUT2D eigenvalue weighted by Crippen LogP contribution is -2.17. The Balaban J connectivity index is 0.00000144. The molecule has 0 fully saturated rings. The fourth-order valence-electron chi connectivity index (χ4n) is 1.89. The second-order valence-corrected chi connectivity index (χ2v) is 4.16. The summed E-state index contributed by atoms with van der Waals surface area (Å²) in [6, 6.07) is 9.04. The average Bonchev–Trinajstić information content (AvgIpc) is 2.20. The molecule has 0 bridgehead atoms. The number of benzene rings is 2. The van der Waals surface area contributed by atoms with Crippen molar-refractivity contribution in [2.24, 2.45) is 5.73 Å². The Kier molecular flexibility index (Phi) is 4.21. The number of halogens is 1. The number of hydrogen-bond acceptors (Lipinski definition) is 3. The molecule has 1 unspecified atom stereocenters. The number of aromatic hydroxyl groups is 2. The molecule has 4 heteroatoms. The van der Waals surface area contributed by atoms with Gasteiger partial charge in [0.1, 0.15) is 0 Å². The van der Waals surface area contributed by atoms with Crippen molar-refractivity contribution in [3.05, 3.63) is 35.9 Å². The SMILES string of the molecule is CC(N)Cc1cccc2cc(O)c(O)cc12.Cl.